The number of nitrogens with zero attached hydrogens (tertiary/aromatic N) is 1. The number of carboxylic acids is 1. The van der Waals surface area contributed by atoms with Gasteiger partial charge >= 0.3 is 5.97 Å². The molecule has 0 amide bonds. The maximum absolute atomic E-state index is 10.7. The summed E-state index contributed by atoms with van der Waals surface area (Å²) >= 11 is 3.41. The standard InChI is InChI=1S/C9H12N2O2S2/c10-7(9(12)13)5-4-15-8(11-5)6-2-1-3-14-6/h4,6-7H,1-3,10H2,(H,12,13). The van der Waals surface area contributed by atoms with Crippen LogP contribution < -0.4 is 5.73 Å². The fraction of sp³-hybridized carbons (Fsp3) is 0.556. The zero-order valence-electron chi connectivity index (χ0n) is 8.05. The summed E-state index contributed by atoms with van der Waals surface area (Å²) in [5, 5.41) is 12.0. The number of nitrogens with two attached hydrogens (primary N) is 1. The molecule has 1 aromatic heterocycles. The number of aromatic nitrogens is 1. The Morgan fingerprint density at radius 2 is 2.53 bits per heavy atom. The number of carboxylic acid groups (broad SMARTS) is 1. The highest BCUT2D eigenvalue weighted by atomic mass is 32.2. The van der Waals surface area contributed by atoms with E-state index in [2.05, 4.69) is 4.98 Å². The summed E-state index contributed by atoms with van der Waals surface area (Å²) < 4.78 is 0. The van der Waals surface area contributed by atoms with Gasteiger partial charge in [-0.3, -0.25) is 4.79 Å². The Morgan fingerprint density at radius 1 is 1.73 bits per heavy atom. The number of thiazole rings is 1. The molecule has 0 bridgehead atoms. The second-order valence-corrected chi connectivity index (χ2v) is 5.63. The molecule has 2 rings (SSSR count). The molecule has 2 unspecified atom stereocenters. The van der Waals surface area contributed by atoms with Gasteiger partial charge in [0.05, 0.1) is 10.9 Å². The molecule has 1 saturated heterocycles. The largest absolute Gasteiger partial charge is 0.480 e. The fourth-order valence-electron chi connectivity index (χ4n) is 1.49. The normalized spacial score (nSPS) is 22.9. The van der Waals surface area contributed by atoms with Gasteiger partial charge in [-0.2, -0.15) is 11.8 Å². The van der Waals surface area contributed by atoms with Crippen LogP contribution >= 0.6 is 23.1 Å². The topological polar surface area (TPSA) is 76.2 Å². The van der Waals surface area contributed by atoms with Crippen LogP contribution in [0.5, 0.6) is 0 Å². The molecule has 0 aliphatic carbocycles. The first kappa shape index (κ1) is 10.9. The van der Waals surface area contributed by atoms with E-state index in [0.29, 0.717) is 10.9 Å². The van der Waals surface area contributed by atoms with Gasteiger partial charge in [-0.15, -0.1) is 11.3 Å². The third kappa shape index (κ3) is 2.32. The van der Waals surface area contributed by atoms with Crippen LogP contribution in [0.1, 0.15) is 34.8 Å². The number of aliphatic carboxylic acids is 1. The van der Waals surface area contributed by atoms with Crippen LogP contribution in [0.2, 0.25) is 0 Å². The van der Waals surface area contributed by atoms with Gasteiger partial charge in [0.15, 0.2) is 0 Å². The molecule has 2 heterocycles. The van der Waals surface area contributed by atoms with E-state index in [4.69, 9.17) is 10.8 Å². The minimum absolute atomic E-state index is 0.449. The van der Waals surface area contributed by atoms with E-state index in [9.17, 15) is 4.79 Å². The van der Waals surface area contributed by atoms with Crippen molar-refractivity contribution < 1.29 is 9.90 Å². The quantitative estimate of drug-likeness (QED) is 0.847. The van der Waals surface area contributed by atoms with Gasteiger partial charge in [-0.05, 0) is 18.6 Å². The fourth-order valence-corrected chi connectivity index (χ4v) is 3.88. The van der Waals surface area contributed by atoms with Gasteiger partial charge in [0.2, 0.25) is 0 Å². The lowest BCUT2D eigenvalue weighted by Gasteiger charge is -2.03. The van der Waals surface area contributed by atoms with Crippen LogP contribution in [-0.2, 0) is 4.79 Å². The molecule has 0 aromatic carbocycles. The Morgan fingerprint density at radius 3 is 3.13 bits per heavy atom. The number of hydrogen-bond acceptors (Lipinski definition) is 5. The zero-order valence-corrected chi connectivity index (χ0v) is 9.68. The van der Waals surface area contributed by atoms with Crippen molar-refractivity contribution in [1.82, 2.24) is 4.98 Å². The zero-order chi connectivity index (χ0) is 10.8. The molecule has 0 radical (unpaired) electrons. The molecule has 82 valence electrons. The highest BCUT2D eigenvalue weighted by molar-refractivity contribution is 7.99. The van der Waals surface area contributed by atoms with Crippen LogP contribution in [0.3, 0.4) is 0 Å². The second kappa shape index (κ2) is 4.51. The van der Waals surface area contributed by atoms with Crippen LogP contribution in [-0.4, -0.2) is 21.8 Å². The number of carbonyl (C=O) groups is 1. The summed E-state index contributed by atoms with van der Waals surface area (Å²) in [5.41, 5.74) is 5.97. The van der Waals surface area contributed by atoms with Crippen molar-refractivity contribution in [3.8, 4) is 0 Å². The van der Waals surface area contributed by atoms with Crippen molar-refractivity contribution in [2.75, 3.05) is 5.75 Å². The summed E-state index contributed by atoms with van der Waals surface area (Å²) in [6.45, 7) is 0. The SMILES string of the molecule is NC(C(=O)O)c1csc(C2CCCS2)n1. The smallest absolute Gasteiger partial charge is 0.326 e. The second-order valence-electron chi connectivity index (χ2n) is 3.43. The van der Waals surface area contributed by atoms with Gasteiger partial charge in [0, 0.05) is 5.38 Å². The lowest BCUT2D eigenvalue weighted by atomic mass is 10.2. The first-order valence-corrected chi connectivity index (χ1v) is 6.66. The molecule has 1 aliphatic heterocycles. The first-order valence-electron chi connectivity index (χ1n) is 4.74. The van der Waals surface area contributed by atoms with E-state index in [1.54, 1.807) is 5.38 Å². The van der Waals surface area contributed by atoms with Crippen molar-refractivity contribution in [2.24, 2.45) is 5.73 Å². The van der Waals surface area contributed by atoms with Gasteiger partial charge in [-0.25, -0.2) is 4.98 Å². The first-order chi connectivity index (χ1) is 7.18. The van der Waals surface area contributed by atoms with Crippen molar-refractivity contribution in [3.05, 3.63) is 16.1 Å². The van der Waals surface area contributed by atoms with E-state index >= 15 is 0 Å². The predicted molar refractivity (Wildman–Crippen MR) is 61.1 cm³/mol. The average molecular weight is 244 g/mol. The highest BCUT2D eigenvalue weighted by Crippen LogP contribution is 2.41. The maximum atomic E-state index is 10.7. The number of rotatable bonds is 3. The number of thioether (sulfide) groups is 1. The lowest BCUT2D eigenvalue weighted by molar-refractivity contribution is -0.138. The summed E-state index contributed by atoms with van der Waals surface area (Å²) in [7, 11) is 0. The van der Waals surface area contributed by atoms with Gasteiger partial charge in [0.25, 0.3) is 0 Å². The molecule has 0 saturated carbocycles. The Balaban J connectivity index is 2.12. The van der Waals surface area contributed by atoms with Crippen LogP contribution in [0.15, 0.2) is 5.38 Å². The molecule has 4 nitrogen and oxygen atoms in total. The van der Waals surface area contributed by atoms with E-state index < -0.39 is 12.0 Å². The highest BCUT2D eigenvalue weighted by Gasteiger charge is 2.23. The molecular formula is C9H12N2O2S2. The molecule has 1 fully saturated rings. The minimum atomic E-state index is -1.02. The lowest BCUT2D eigenvalue weighted by Crippen LogP contribution is -2.20. The molecule has 1 aromatic rings. The monoisotopic (exact) mass is 244 g/mol. The molecule has 15 heavy (non-hydrogen) atoms. The average Bonchev–Trinajstić information content (AvgIpc) is 2.86. The Bertz CT molecular complexity index is 361. The maximum Gasteiger partial charge on any atom is 0.326 e. The van der Waals surface area contributed by atoms with Crippen molar-refractivity contribution in [2.45, 2.75) is 24.1 Å². The third-order valence-electron chi connectivity index (χ3n) is 2.33. The summed E-state index contributed by atoms with van der Waals surface area (Å²) in [6.07, 6.45) is 2.36. The van der Waals surface area contributed by atoms with Crippen LogP contribution in [0.25, 0.3) is 0 Å². The molecule has 6 heteroatoms. The Labute approximate surface area is 95.9 Å². The van der Waals surface area contributed by atoms with E-state index in [1.807, 2.05) is 11.8 Å². The van der Waals surface area contributed by atoms with Gasteiger partial charge < -0.3 is 10.8 Å². The van der Waals surface area contributed by atoms with Crippen molar-refractivity contribution in [3.63, 3.8) is 0 Å². The van der Waals surface area contributed by atoms with E-state index in [0.717, 1.165) is 11.4 Å². The number of hydrogen-bond donors (Lipinski definition) is 2. The minimum Gasteiger partial charge on any atom is -0.480 e. The van der Waals surface area contributed by atoms with Crippen molar-refractivity contribution in [1.29, 1.82) is 0 Å². The van der Waals surface area contributed by atoms with Gasteiger partial charge in [0.1, 0.15) is 11.0 Å². The molecule has 2 atom stereocenters. The van der Waals surface area contributed by atoms with Crippen LogP contribution in [0.4, 0.5) is 0 Å². The molecule has 1 aliphatic rings. The Kier molecular flexibility index (Phi) is 3.28. The molecule has 0 spiro atoms. The van der Waals surface area contributed by atoms with E-state index in [-0.39, 0.29) is 0 Å². The van der Waals surface area contributed by atoms with Crippen LogP contribution in [0, 0.1) is 0 Å². The summed E-state index contributed by atoms with van der Waals surface area (Å²) in [4.78, 5) is 15.0. The summed E-state index contributed by atoms with van der Waals surface area (Å²) in [5.74, 6) is 0.149. The molecule has 3 N–H and O–H groups in total. The molecular weight excluding hydrogens is 232 g/mol. The van der Waals surface area contributed by atoms with Crippen molar-refractivity contribution >= 4 is 29.1 Å². The van der Waals surface area contributed by atoms with E-state index in [1.165, 1.54) is 23.5 Å². The summed E-state index contributed by atoms with van der Waals surface area (Å²) in [6, 6.07) is -0.985. The third-order valence-corrected chi connectivity index (χ3v) is 4.84. The van der Waals surface area contributed by atoms with Gasteiger partial charge in [-0.1, -0.05) is 0 Å². The predicted octanol–water partition coefficient (Wildman–Crippen LogP) is 1.80. The Hall–Kier alpha value is -0.590.